The summed E-state index contributed by atoms with van der Waals surface area (Å²) in [6.45, 7) is 3.29. The maximum atomic E-state index is 13.2. The van der Waals surface area contributed by atoms with Gasteiger partial charge in [0.05, 0.1) is 4.87 Å². The molecule has 0 spiro atoms. The number of fused-ring (bicyclic) bond motifs is 1. The number of rotatable bonds is 4. The predicted molar refractivity (Wildman–Crippen MR) is 91.3 cm³/mol. The molecule has 2 saturated heterocycles. The van der Waals surface area contributed by atoms with E-state index in [1.807, 2.05) is 6.92 Å². The number of halogens is 2. The van der Waals surface area contributed by atoms with Gasteiger partial charge in [-0.15, -0.1) is 11.8 Å². The lowest BCUT2D eigenvalue weighted by Gasteiger charge is -2.29. The highest BCUT2D eigenvalue weighted by molar-refractivity contribution is 8.01. The van der Waals surface area contributed by atoms with Gasteiger partial charge >= 0.3 is 5.97 Å². The van der Waals surface area contributed by atoms with E-state index in [1.54, 1.807) is 4.90 Å². The minimum Gasteiger partial charge on any atom is -0.451 e. The second-order valence-electron chi connectivity index (χ2n) is 6.46. The highest BCUT2D eigenvalue weighted by Gasteiger charge is 2.53. The Morgan fingerprint density at radius 3 is 2.81 bits per heavy atom. The van der Waals surface area contributed by atoms with E-state index in [0.717, 1.165) is 12.1 Å². The fourth-order valence-corrected chi connectivity index (χ4v) is 4.54. The Hall–Kier alpha value is -2.16. The summed E-state index contributed by atoms with van der Waals surface area (Å²) in [7, 11) is 0. The molecule has 0 unspecified atom stereocenters. The molecule has 1 N–H and O–H groups in total. The van der Waals surface area contributed by atoms with E-state index in [1.165, 1.54) is 24.8 Å². The van der Waals surface area contributed by atoms with Crippen LogP contribution in [0.15, 0.2) is 18.2 Å². The molecule has 2 aliphatic rings. The first-order chi connectivity index (χ1) is 12.2. The van der Waals surface area contributed by atoms with Crippen LogP contribution in [0.4, 0.5) is 14.5 Å². The lowest BCUT2D eigenvalue weighted by atomic mass is 10.2. The second kappa shape index (κ2) is 6.86. The molecule has 3 rings (SSSR count). The smallest absolute Gasteiger partial charge is 0.330 e. The Kier molecular flexibility index (Phi) is 4.92. The van der Waals surface area contributed by atoms with Gasteiger partial charge < -0.3 is 15.0 Å². The molecule has 140 valence electrons. The number of nitrogens with zero attached hydrogens (tertiary/aromatic N) is 1. The van der Waals surface area contributed by atoms with Gasteiger partial charge in [-0.2, -0.15) is 0 Å². The topological polar surface area (TPSA) is 75.7 Å². The van der Waals surface area contributed by atoms with Crippen molar-refractivity contribution >= 4 is 35.2 Å². The van der Waals surface area contributed by atoms with E-state index in [9.17, 15) is 23.2 Å². The number of anilines is 1. The average molecular weight is 384 g/mol. The van der Waals surface area contributed by atoms with Crippen LogP contribution >= 0.6 is 11.8 Å². The van der Waals surface area contributed by atoms with Crippen LogP contribution in [0.2, 0.25) is 0 Å². The molecule has 0 saturated carbocycles. The zero-order valence-corrected chi connectivity index (χ0v) is 15.1. The molecule has 0 aliphatic carbocycles. The fourth-order valence-electron chi connectivity index (χ4n) is 3.12. The summed E-state index contributed by atoms with van der Waals surface area (Å²) < 4.78 is 31.3. The molecular weight excluding hydrogens is 366 g/mol. The average Bonchev–Trinajstić information content (AvgIpc) is 3.07. The Labute approximate surface area is 153 Å². The molecule has 2 aliphatic heterocycles. The number of amides is 2. The number of ether oxygens (including phenoxy) is 1. The van der Waals surface area contributed by atoms with Crippen LogP contribution in [0.3, 0.4) is 0 Å². The largest absolute Gasteiger partial charge is 0.451 e. The Morgan fingerprint density at radius 2 is 2.12 bits per heavy atom. The Balaban J connectivity index is 1.61. The van der Waals surface area contributed by atoms with Crippen LogP contribution in [0.5, 0.6) is 0 Å². The summed E-state index contributed by atoms with van der Waals surface area (Å²) in [4.78, 5) is 37.7. The number of benzene rings is 1. The van der Waals surface area contributed by atoms with Gasteiger partial charge in [-0.25, -0.2) is 13.6 Å². The quantitative estimate of drug-likeness (QED) is 0.806. The molecule has 1 aromatic carbocycles. The number of carbonyl (C=O) groups excluding carboxylic acids is 3. The molecule has 2 heterocycles. The molecule has 2 amide bonds. The summed E-state index contributed by atoms with van der Waals surface area (Å²) in [5.74, 6) is -3.13. The van der Waals surface area contributed by atoms with Crippen LogP contribution in [-0.2, 0) is 19.1 Å². The van der Waals surface area contributed by atoms with Gasteiger partial charge in [-0.05, 0) is 32.4 Å². The first kappa shape index (κ1) is 18.6. The van der Waals surface area contributed by atoms with E-state index < -0.39 is 40.5 Å². The maximum Gasteiger partial charge on any atom is 0.330 e. The predicted octanol–water partition coefficient (Wildman–Crippen LogP) is 2.29. The maximum absolute atomic E-state index is 13.2. The van der Waals surface area contributed by atoms with Crippen LogP contribution in [0.25, 0.3) is 0 Å². The third-order valence-corrected chi connectivity index (χ3v) is 6.07. The van der Waals surface area contributed by atoms with Gasteiger partial charge in [0.15, 0.2) is 17.7 Å². The minimum absolute atomic E-state index is 0.0514. The van der Waals surface area contributed by atoms with Crippen molar-refractivity contribution in [2.75, 3.05) is 11.1 Å². The molecule has 1 aromatic rings. The van der Waals surface area contributed by atoms with Gasteiger partial charge in [0.1, 0.15) is 6.04 Å². The Bertz CT molecular complexity index is 775. The number of carbonyl (C=O) groups is 3. The van der Waals surface area contributed by atoms with Crippen molar-refractivity contribution in [3.8, 4) is 0 Å². The second-order valence-corrected chi connectivity index (χ2v) is 7.96. The zero-order chi connectivity index (χ0) is 19.1. The highest BCUT2D eigenvalue weighted by atomic mass is 32.2. The zero-order valence-electron chi connectivity index (χ0n) is 14.3. The SMILES string of the molecule is C[C@@H](OC(=O)[C@H]1CS[C@@]2(C)CCC(=O)N12)C(=O)Nc1ccc(F)c(F)c1. The van der Waals surface area contributed by atoms with Crippen molar-refractivity contribution in [3.05, 3.63) is 29.8 Å². The molecule has 9 heteroatoms. The van der Waals surface area contributed by atoms with E-state index >= 15 is 0 Å². The third kappa shape index (κ3) is 3.40. The van der Waals surface area contributed by atoms with Gasteiger partial charge in [0.2, 0.25) is 5.91 Å². The standard InChI is InChI=1S/C17H18F2N2O4S/c1-9(15(23)20-10-3-4-11(18)12(19)7-10)25-16(24)13-8-26-17(2)6-5-14(22)21(13)17/h3-4,7,9,13H,5-6,8H2,1-2H3,(H,20,23)/t9-,13-,17+/m1/s1. The van der Waals surface area contributed by atoms with Gasteiger partial charge in [-0.1, -0.05) is 0 Å². The van der Waals surface area contributed by atoms with E-state index in [-0.39, 0.29) is 11.6 Å². The summed E-state index contributed by atoms with van der Waals surface area (Å²) in [6, 6.07) is 2.20. The summed E-state index contributed by atoms with van der Waals surface area (Å²) in [6.07, 6.45) is -0.0866. The van der Waals surface area contributed by atoms with Crippen LogP contribution < -0.4 is 5.32 Å². The number of hydrogen-bond donors (Lipinski definition) is 1. The molecule has 0 radical (unpaired) electrons. The molecule has 26 heavy (non-hydrogen) atoms. The van der Waals surface area contributed by atoms with Crippen molar-refractivity contribution in [2.45, 2.75) is 43.7 Å². The Morgan fingerprint density at radius 1 is 1.38 bits per heavy atom. The van der Waals surface area contributed by atoms with E-state index in [4.69, 9.17) is 4.74 Å². The van der Waals surface area contributed by atoms with Crippen molar-refractivity contribution < 1.29 is 27.9 Å². The van der Waals surface area contributed by atoms with Gasteiger partial charge in [0.25, 0.3) is 5.91 Å². The van der Waals surface area contributed by atoms with Crippen LogP contribution in [-0.4, -0.2) is 45.5 Å². The third-order valence-electron chi connectivity index (χ3n) is 4.57. The highest BCUT2D eigenvalue weighted by Crippen LogP contribution is 2.47. The van der Waals surface area contributed by atoms with Crippen molar-refractivity contribution in [2.24, 2.45) is 0 Å². The van der Waals surface area contributed by atoms with Crippen LogP contribution in [0, 0.1) is 11.6 Å². The number of esters is 1. The monoisotopic (exact) mass is 384 g/mol. The molecule has 0 bridgehead atoms. The first-order valence-corrected chi connectivity index (χ1v) is 9.12. The number of thioether (sulfide) groups is 1. The number of nitrogens with one attached hydrogen (secondary N) is 1. The lowest BCUT2D eigenvalue weighted by Crippen LogP contribution is -2.48. The molecule has 0 aromatic heterocycles. The van der Waals surface area contributed by atoms with Crippen molar-refractivity contribution in [3.63, 3.8) is 0 Å². The summed E-state index contributed by atoms with van der Waals surface area (Å²) >= 11 is 1.52. The van der Waals surface area contributed by atoms with Crippen molar-refractivity contribution in [1.82, 2.24) is 4.90 Å². The lowest BCUT2D eigenvalue weighted by molar-refractivity contribution is -0.160. The summed E-state index contributed by atoms with van der Waals surface area (Å²) in [5, 5.41) is 2.36. The van der Waals surface area contributed by atoms with E-state index in [0.29, 0.717) is 18.6 Å². The van der Waals surface area contributed by atoms with Gasteiger partial charge in [0, 0.05) is 23.9 Å². The molecule has 2 fully saturated rings. The molecular formula is C17H18F2N2O4S. The fraction of sp³-hybridized carbons (Fsp3) is 0.471. The normalized spacial score (nSPS) is 25.8. The van der Waals surface area contributed by atoms with E-state index in [2.05, 4.69) is 5.32 Å². The minimum atomic E-state index is -1.15. The molecule has 3 atom stereocenters. The van der Waals surface area contributed by atoms with Gasteiger partial charge in [-0.3, -0.25) is 9.59 Å². The van der Waals surface area contributed by atoms with Crippen molar-refractivity contribution in [1.29, 1.82) is 0 Å². The molecule has 6 nitrogen and oxygen atoms in total. The van der Waals surface area contributed by atoms with Crippen LogP contribution in [0.1, 0.15) is 26.7 Å². The summed E-state index contributed by atoms with van der Waals surface area (Å²) in [5.41, 5.74) is 0.0514. The first-order valence-electron chi connectivity index (χ1n) is 8.14. The number of hydrogen-bond acceptors (Lipinski definition) is 5.